The molecule has 0 aliphatic heterocycles. The van der Waals surface area contributed by atoms with Crippen LogP contribution in [0.4, 0.5) is 0 Å². The first kappa shape index (κ1) is 11.3. The predicted octanol–water partition coefficient (Wildman–Crippen LogP) is 2.70. The Hall–Kier alpha value is -0.240. The number of alkyl halides is 1. The van der Waals surface area contributed by atoms with Crippen LogP contribution in [0.5, 0.6) is 0 Å². The first-order chi connectivity index (χ1) is 7.17. The van der Waals surface area contributed by atoms with E-state index >= 15 is 0 Å². The minimum absolute atomic E-state index is 0.0816. The lowest BCUT2D eigenvalue weighted by Crippen LogP contribution is -2.50. The second-order valence-electron chi connectivity index (χ2n) is 5.24. The van der Waals surface area contributed by atoms with E-state index in [1.165, 1.54) is 25.7 Å². The van der Waals surface area contributed by atoms with Gasteiger partial charge in [0.15, 0.2) is 0 Å². The average molecular weight is 230 g/mol. The summed E-state index contributed by atoms with van der Waals surface area (Å²) in [4.78, 5) is 12.0. The van der Waals surface area contributed by atoms with Gasteiger partial charge in [-0.2, -0.15) is 0 Å². The van der Waals surface area contributed by atoms with Crippen molar-refractivity contribution in [1.29, 1.82) is 0 Å². The fourth-order valence-corrected chi connectivity index (χ4v) is 2.86. The van der Waals surface area contributed by atoms with E-state index in [1.807, 2.05) is 6.92 Å². The van der Waals surface area contributed by atoms with Gasteiger partial charge in [-0.3, -0.25) is 4.79 Å². The highest BCUT2D eigenvalue weighted by Crippen LogP contribution is 2.38. The molecule has 1 atom stereocenters. The zero-order valence-corrected chi connectivity index (χ0v) is 10.1. The molecule has 0 aromatic rings. The Labute approximate surface area is 96.8 Å². The molecule has 2 nitrogen and oxygen atoms in total. The maximum Gasteiger partial charge on any atom is 0.223 e. The first-order valence-corrected chi connectivity index (χ1v) is 6.58. The molecule has 2 aliphatic carbocycles. The first-order valence-electron chi connectivity index (χ1n) is 6.05. The van der Waals surface area contributed by atoms with Gasteiger partial charge in [0.1, 0.15) is 0 Å². The van der Waals surface area contributed by atoms with Gasteiger partial charge in [0.2, 0.25) is 5.91 Å². The van der Waals surface area contributed by atoms with E-state index in [1.54, 1.807) is 0 Å². The minimum Gasteiger partial charge on any atom is -0.349 e. The van der Waals surface area contributed by atoms with E-state index in [9.17, 15) is 4.79 Å². The van der Waals surface area contributed by atoms with Crippen LogP contribution >= 0.6 is 11.6 Å². The Morgan fingerprint density at radius 1 is 1.47 bits per heavy atom. The topological polar surface area (TPSA) is 29.1 Å². The Balaban J connectivity index is 1.90. The highest BCUT2D eigenvalue weighted by Gasteiger charge is 2.38. The van der Waals surface area contributed by atoms with Gasteiger partial charge in [0.05, 0.1) is 5.54 Å². The van der Waals surface area contributed by atoms with Crippen molar-refractivity contribution in [1.82, 2.24) is 5.32 Å². The molecule has 2 aliphatic rings. The van der Waals surface area contributed by atoms with Gasteiger partial charge in [0.25, 0.3) is 0 Å². The van der Waals surface area contributed by atoms with Crippen molar-refractivity contribution in [2.24, 2.45) is 11.8 Å². The Bertz CT molecular complexity index is 244. The third-order valence-corrected chi connectivity index (χ3v) is 4.46. The summed E-state index contributed by atoms with van der Waals surface area (Å²) in [5, 5.41) is 3.19. The summed E-state index contributed by atoms with van der Waals surface area (Å²) in [6, 6.07) is 0. The molecule has 1 unspecified atom stereocenters. The molecule has 0 aromatic carbocycles. The molecule has 0 saturated heterocycles. The van der Waals surface area contributed by atoms with E-state index in [0.29, 0.717) is 11.8 Å². The highest BCUT2D eigenvalue weighted by molar-refractivity contribution is 6.18. The van der Waals surface area contributed by atoms with E-state index in [-0.39, 0.29) is 17.4 Å². The van der Waals surface area contributed by atoms with Crippen molar-refractivity contribution < 1.29 is 4.79 Å². The smallest absolute Gasteiger partial charge is 0.223 e. The van der Waals surface area contributed by atoms with Crippen molar-refractivity contribution in [3.8, 4) is 0 Å². The Morgan fingerprint density at radius 3 is 2.53 bits per heavy atom. The van der Waals surface area contributed by atoms with E-state index in [2.05, 4.69) is 5.32 Å². The number of hydrogen-bond acceptors (Lipinski definition) is 1. The van der Waals surface area contributed by atoms with Gasteiger partial charge >= 0.3 is 0 Å². The third-order valence-electron chi connectivity index (χ3n) is 3.95. The zero-order chi connectivity index (χ0) is 10.9. The van der Waals surface area contributed by atoms with Gasteiger partial charge in [-0.25, -0.2) is 0 Å². The molecule has 0 spiro atoms. The van der Waals surface area contributed by atoms with Crippen LogP contribution in [0.25, 0.3) is 0 Å². The molecule has 1 amide bonds. The number of hydrogen-bond donors (Lipinski definition) is 1. The van der Waals surface area contributed by atoms with Crippen molar-refractivity contribution in [2.45, 2.75) is 51.0 Å². The lowest BCUT2D eigenvalue weighted by molar-refractivity contribution is -0.126. The average Bonchev–Trinajstić information content (AvgIpc) is 2.99. The van der Waals surface area contributed by atoms with Crippen LogP contribution in [-0.4, -0.2) is 17.3 Å². The van der Waals surface area contributed by atoms with Gasteiger partial charge in [-0.05, 0) is 31.6 Å². The molecular weight excluding hydrogens is 210 g/mol. The summed E-state index contributed by atoms with van der Waals surface area (Å²) in [7, 11) is 0. The third kappa shape index (κ3) is 2.47. The number of amides is 1. The molecule has 2 fully saturated rings. The SMILES string of the molecule is CC(C(=O)NC1(CCl)CCCC1)C1CC1. The number of carbonyl (C=O) groups excluding carboxylic acids is 1. The molecule has 0 radical (unpaired) electrons. The highest BCUT2D eigenvalue weighted by atomic mass is 35.5. The zero-order valence-electron chi connectivity index (χ0n) is 9.39. The summed E-state index contributed by atoms with van der Waals surface area (Å²) in [5.41, 5.74) is -0.0816. The number of nitrogens with one attached hydrogen (secondary N) is 1. The molecule has 15 heavy (non-hydrogen) atoms. The molecule has 0 heterocycles. The van der Waals surface area contributed by atoms with Crippen LogP contribution in [0.2, 0.25) is 0 Å². The van der Waals surface area contributed by atoms with Gasteiger partial charge < -0.3 is 5.32 Å². The molecule has 2 rings (SSSR count). The van der Waals surface area contributed by atoms with Crippen LogP contribution < -0.4 is 5.32 Å². The summed E-state index contributed by atoms with van der Waals surface area (Å²) >= 11 is 5.99. The summed E-state index contributed by atoms with van der Waals surface area (Å²) < 4.78 is 0. The van der Waals surface area contributed by atoms with Gasteiger partial charge in [-0.15, -0.1) is 11.6 Å². The maximum atomic E-state index is 12.0. The monoisotopic (exact) mass is 229 g/mol. The van der Waals surface area contributed by atoms with Crippen LogP contribution in [0.15, 0.2) is 0 Å². The van der Waals surface area contributed by atoms with Crippen LogP contribution in [-0.2, 0) is 4.79 Å². The summed E-state index contributed by atoms with van der Waals surface area (Å²) in [6.07, 6.45) is 6.96. The van der Waals surface area contributed by atoms with Crippen LogP contribution in [0.3, 0.4) is 0 Å². The second-order valence-corrected chi connectivity index (χ2v) is 5.50. The van der Waals surface area contributed by atoms with Crippen LogP contribution in [0, 0.1) is 11.8 Å². The quantitative estimate of drug-likeness (QED) is 0.738. The van der Waals surface area contributed by atoms with Gasteiger partial charge in [-0.1, -0.05) is 19.8 Å². The summed E-state index contributed by atoms with van der Waals surface area (Å²) in [6.45, 7) is 2.05. The molecule has 2 saturated carbocycles. The molecule has 86 valence electrons. The van der Waals surface area contributed by atoms with Crippen molar-refractivity contribution in [2.75, 3.05) is 5.88 Å². The van der Waals surface area contributed by atoms with Crippen molar-refractivity contribution in [3.63, 3.8) is 0 Å². The molecular formula is C12H20ClNO. The molecule has 0 bridgehead atoms. The van der Waals surface area contributed by atoms with E-state index < -0.39 is 0 Å². The van der Waals surface area contributed by atoms with Crippen molar-refractivity contribution in [3.05, 3.63) is 0 Å². The van der Waals surface area contributed by atoms with Crippen molar-refractivity contribution >= 4 is 17.5 Å². The van der Waals surface area contributed by atoms with E-state index in [4.69, 9.17) is 11.6 Å². The lowest BCUT2D eigenvalue weighted by atomic mass is 9.97. The molecule has 3 heteroatoms. The van der Waals surface area contributed by atoms with Crippen LogP contribution in [0.1, 0.15) is 45.4 Å². The second kappa shape index (κ2) is 4.32. The number of carbonyl (C=O) groups is 1. The lowest BCUT2D eigenvalue weighted by Gasteiger charge is -2.29. The fraction of sp³-hybridized carbons (Fsp3) is 0.917. The Morgan fingerprint density at radius 2 is 2.07 bits per heavy atom. The number of halogens is 1. The largest absolute Gasteiger partial charge is 0.349 e. The fourth-order valence-electron chi connectivity index (χ4n) is 2.53. The maximum absolute atomic E-state index is 12.0. The predicted molar refractivity (Wildman–Crippen MR) is 61.9 cm³/mol. The standard InChI is InChI=1S/C12H20ClNO/c1-9(10-4-5-10)11(15)14-12(8-13)6-2-3-7-12/h9-10H,2-8H2,1H3,(H,14,15). The Kier molecular flexibility index (Phi) is 3.24. The minimum atomic E-state index is -0.0816. The molecule has 1 N–H and O–H groups in total. The molecule has 0 aromatic heterocycles. The van der Waals surface area contributed by atoms with E-state index in [0.717, 1.165) is 12.8 Å². The van der Waals surface area contributed by atoms with Gasteiger partial charge in [0, 0.05) is 11.8 Å². The number of rotatable bonds is 4. The summed E-state index contributed by atoms with van der Waals surface area (Å²) in [5.74, 6) is 1.61. The normalized spacial score (nSPS) is 26.3.